The highest BCUT2D eigenvalue weighted by atomic mass is 16.5. The highest BCUT2D eigenvalue weighted by Crippen LogP contribution is 2.40. The molecule has 0 aromatic heterocycles. The molecule has 0 amide bonds. The molecule has 1 rings (SSSR count). The summed E-state index contributed by atoms with van der Waals surface area (Å²) >= 11 is 0. The van der Waals surface area contributed by atoms with Crippen LogP contribution in [0, 0.1) is 0 Å². The van der Waals surface area contributed by atoms with Crippen molar-refractivity contribution < 1.29 is 28.8 Å². The van der Waals surface area contributed by atoms with E-state index in [1.165, 1.54) is 0 Å². The van der Waals surface area contributed by atoms with Crippen LogP contribution >= 0.6 is 0 Å². The third kappa shape index (κ3) is 3.85. The zero-order valence-corrected chi connectivity index (χ0v) is 13.3. The first-order valence-corrected chi connectivity index (χ1v) is 6.54. The predicted octanol–water partition coefficient (Wildman–Crippen LogP) is 1.99. The lowest BCUT2D eigenvalue weighted by molar-refractivity contribution is 0.152. The highest BCUT2D eigenvalue weighted by molar-refractivity contribution is 5.58. The molecule has 0 saturated heterocycles. The number of hydrogen-bond donors (Lipinski definition) is 1. The Labute approximate surface area is 125 Å². The first kappa shape index (κ1) is 17.7. The number of aromatic hydroxyl groups is 1. The molecular formula is C15H24O6. The quantitative estimate of drug-likeness (QED) is 0.752. The molecule has 21 heavy (non-hydrogen) atoms. The monoisotopic (exact) mass is 300 g/mol. The minimum Gasteiger partial charge on any atom is -0.507 e. The van der Waals surface area contributed by atoms with Crippen LogP contribution in [0.2, 0.25) is 0 Å². The van der Waals surface area contributed by atoms with Crippen molar-refractivity contribution in [2.75, 3.05) is 35.5 Å². The van der Waals surface area contributed by atoms with E-state index >= 15 is 0 Å². The maximum absolute atomic E-state index is 10.6. The van der Waals surface area contributed by atoms with E-state index in [4.69, 9.17) is 23.7 Å². The van der Waals surface area contributed by atoms with Crippen LogP contribution in [-0.2, 0) is 45.4 Å². The van der Waals surface area contributed by atoms with Crippen molar-refractivity contribution in [2.24, 2.45) is 0 Å². The minimum atomic E-state index is 0.138. The third-order valence-electron chi connectivity index (χ3n) is 3.21. The lowest BCUT2D eigenvalue weighted by Gasteiger charge is -2.22. The summed E-state index contributed by atoms with van der Waals surface area (Å²) in [5, 5.41) is 10.6. The van der Waals surface area contributed by atoms with Gasteiger partial charge in [0.05, 0.1) is 33.5 Å². The van der Waals surface area contributed by atoms with E-state index in [1.807, 2.05) is 0 Å². The molecule has 0 aliphatic heterocycles. The molecule has 1 aromatic rings. The Morgan fingerprint density at radius 3 is 1.24 bits per heavy atom. The van der Waals surface area contributed by atoms with Crippen LogP contribution in [-0.4, -0.2) is 40.7 Å². The van der Waals surface area contributed by atoms with Gasteiger partial charge in [-0.25, -0.2) is 0 Å². The van der Waals surface area contributed by atoms with Gasteiger partial charge in [-0.1, -0.05) is 0 Å². The Kier molecular flexibility index (Phi) is 7.45. The Morgan fingerprint density at radius 1 is 0.619 bits per heavy atom. The smallest absolute Gasteiger partial charge is 0.130 e. The number of hydrogen-bond acceptors (Lipinski definition) is 6. The predicted molar refractivity (Wildman–Crippen MR) is 77.5 cm³/mol. The van der Waals surface area contributed by atoms with Gasteiger partial charge in [-0.15, -0.1) is 0 Å². The van der Waals surface area contributed by atoms with E-state index in [-0.39, 0.29) is 19.0 Å². The Hall–Kier alpha value is -1.34. The summed E-state index contributed by atoms with van der Waals surface area (Å²) in [5.41, 5.74) is 2.80. The van der Waals surface area contributed by atoms with E-state index in [9.17, 15) is 5.11 Å². The van der Waals surface area contributed by atoms with Crippen molar-refractivity contribution in [3.8, 4) is 11.5 Å². The molecule has 0 bridgehead atoms. The molecule has 0 aliphatic carbocycles. The second-order valence-electron chi connectivity index (χ2n) is 4.53. The standard InChI is InChI=1S/C15H24O6/c1-17-6-10-12(8-19-3)15(21-5)13(9-20-4)11(7-18-2)14(10)16/h16H,6-9H2,1-5H3. The van der Waals surface area contributed by atoms with E-state index in [0.717, 1.165) is 11.1 Å². The fourth-order valence-corrected chi connectivity index (χ4v) is 2.36. The maximum atomic E-state index is 10.6. The van der Waals surface area contributed by atoms with E-state index in [1.54, 1.807) is 35.5 Å². The van der Waals surface area contributed by atoms with Crippen LogP contribution in [0.4, 0.5) is 0 Å². The SMILES string of the molecule is COCc1c(O)c(COC)c(COC)c(OC)c1COC. The molecule has 120 valence electrons. The summed E-state index contributed by atoms with van der Waals surface area (Å²) in [4.78, 5) is 0. The molecule has 0 unspecified atom stereocenters. The molecule has 1 N–H and O–H groups in total. The van der Waals surface area contributed by atoms with Gasteiger partial charge < -0.3 is 28.8 Å². The lowest BCUT2D eigenvalue weighted by Crippen LogP contribution is -2.10. The molecular weight excluding hydrogens is 276 g/mol. The van der Waals surface area contributed by atoms with Crippen molar-refractivity contribution in [1.29, 1.82) is 0 Å². The van der Waals surface area contributed by atoms with Gasteiger partial charge in [0.2, 0.25) is 0 Å². The molecule has 0 saturated carbocycles. The first-order valence-electron chi connectivity index (χ1n) is 6.54. The number of benzene rings is 1. The van der Waals surface area contributed by atoms with Crippen molar-refractivity contribution in [3.05, 3.63) is 22.3 Å². The average Bonchev–Trinajstić information content (AvgIpc) is 2.48. The normalized spacial score (nSPS) is 10.9. The van der Waals surface area contributed by atoms with Crippen LogP contribution in [0.25, 0.3) is 0 Å². The zero-order chi connectivity index (χ0) is 15.8. The van der Waals surface area contributed by atoms with Crippen LogP contribution in [0.15, 0.2) is 0 Å². The molecule has 0 spiro atoms. The fraction of sp³-hybridized carbons (Fsp3) is 0.600. The molecule has 6 nitrogen and oxygen atoms in total. The fourth-order valence-electron chi connectivity index (χ4n) is 2.36. The minimum absolute atomic E-state index is 0.138. The number of rotatable bonds is 9. The second kappa shape index (κ2) is 8.84. The van der Waals surface area contributed by atoms with E-state index in [0.29, 0.717) is 30.1 Å². The molecule has 1 aromatic carbocycles. The Morgan fingerprint density at radius 2 is 0.952 bits per heavy atom. The van der Waals surface area contributed by atoms with Gasteiger partial charge in [-0.05, 0) is 0 Å². The second-order valence-corrected chi connectivity index (χ2v) is 4.53. The summed E-state index contributed by atoms with van der Waals surface area (Å²) in [6, 6.07) is 0. The van der Waals surface area contributed by atoms with Crippen molar-refractivity contribution >= 4 is 0 Å². The average molecular weight is 300 g/mol. The van der Waals surface area contributed by atoms with Gasteiger partial charge in [-0.3, -0.25) is 0 Å². The molecule has 0 aliphatic rings. The van der Waals surface area contributed by atoms with Gasteiger partial charge in [0.15, 0.2) is 0 Å². The zero-order valence-electron chi connectivity index (χ0n) is 13.3. The largest absolute Gasteiger partial charge is 0.507 e. The van der Waals surface area contributed by atoms with Crippen molar-refractivity contribution in [3.63, 3.8) is 0 Å². The Balaban J connectivity index is 3.59. The number of ether oxygens (including phenoxy) is 5. The van der Waals surface area contributed by atoms with Gasteiger partial charge >= 0.3 is 0 Å². The van der Waals surface area contributed by atoms with Crippen molar-refractivity contribution in [1.82, 2.24) is 0 Å². The molecule has 0 fully saturated rings. The summed E-state index contributed by atoms with van der Waals surface area (Å²) in [6.45, 7) is 1.12. The van der Waals surface area contributed by atoms with Crippen LogP contribution in [0.5, 0.6) is 11.5 Å². The highest BCUT2D eigenvalue weighted by Gasteiger charge is 2.24. The van der Waals surface area contributed by atoms with Crippen LogP contribution in [0.1, 0.15) is 22.3 Å². The summed E-state index contributed by atoms with van der Waals surface area (Å²) in [5.74, 6) is 0.772. The van der Waals surface area contributed by atoms with Gasteiger partial charge in [0.1, 0.15) is 11.5 Å². The van der Waals surface area contributed by atoms with Gasteiger partial charge in [-0.2, -0.15) is 0 Å². The molecule has 6 heteroatoms. The van der Waals surface area contributed by atoms with Gasteiger partial charge in [0, 0.05) is 50.7 Å². The van der Waals surface area contributed by atoms with Crippen LogP contribution in [0.3, 0.4) is 0 Å². The van der Waals surface area contributed by atoms with Gasteiger partial charge in [0.25, 0.3) is 0 Å². The molecule has 0 atom stereocenters. The summed E-state index contributed by atoms with van der Waals surface area (Å²) in [6.07, 6.45) is 0. The first-order chi connectivity index (χ1) is 10.2. The van der Waals surface area contributed by atoms with E-state index < -0.39 is 0 Å². The Bertz CT molecular complexity index is 421. The lowest BCUT2D eigenvalue weighted by atomic mass is 9.96. The van der Waals surface area contributed by atoms with Crippen molar-refractivity contribution in [2.45, 2.75) is 26.4 Å². The van der Waals surface area contributed by atoms with Crippen LogP contribution < -0.4 is 4.74 Å². The third-order valence-corrected chi connectivity index (χ3v) is 3.21. The number of phenolic OH excluding ortho intramolecular Hbond substituents is 1. The molecule has 0 heterocycles. The maximum Gasteiger partial charge on any atom is 0.130 e. The number of phenols is 1. The summed E-state index contributed by atoms with van der Waals surface area (Å²) in [7, 11) is 7.90. The topological polar surface area (TPSA) is 66.4 Å². The molecule has 0 radical (unpaired) electrons. The summed E-state index contributed by atoms with van der Waals surface area (Å²) < 4.78 is 26.4. The van der Waals surface area contributed by atoms with E-state index in [2.05, 4.69) is 0 Å². The number of methoxy groups -OCH3 is 5.